The van der Waals surface area contributed by atoms with Crippen molar-refractivity contribution in [2.75, 3.05) is 6.54 Å². The summed E-state index contributed by atoms with van der Waals surface area (Å²) in [5, 5.41) is 13.5. The number of carbonyl (C=O) groups is 2. The van der Waals surface area contributed by atoms with E-state index in [1.807, 2.05) is 0 Å². The second-order valence-corrected chi connectivity index (χ2v) is 7.66. The van der Waals surface area contributed by atoms with Crippen molar-refractivity contribution in [2.24, 2.45) is 20.5 Å². The summed E-state index contributed by atoms with van der Waals surface area (Å²) in [4.78, 5) is 33.6. The molecule has 0 radical (unpaired) electrons. The Morgan fingerprint density at radius 3 is 2.17 bits per heavy atom. The van der Waals surface area contributed by atoms with Gasteiger partial charge in [-0.15, -0.1) is 0 Å². The zero-order chi connectivity index (χ0) is 26.9. The highest BCUT2D eigenvalue weighted by atomic mass is 19.3. The van der Waals surface area contributed by atoms with Crippen molar-refractivity contribution in [1.29, 1.82) is 0 Å². The number of hydrogen-bond acceptors (Lipinski definition) is 10. The van der Waals surface area contributed by atoms with Gasteiger partial charge in [0.2, 0.25) is 0 Å². The fourth-order valence-corrected chi connectivity index (χ4v) is 3.94. The van der Waals surface area contributed by atoms with Crippen molar-refractivity contribution in [1.82, 2.24) is 0 Å². The van der Waals surface area contributed by atoms with E-state index in [4.69, 9.17) is 41.1 Å². The quantitative estimate of drug-likeness (QED) is 0.191. The van der Waals surface area contributed by atoms with Crippen molar-refractivity contribution in [3.63, 3.8) is 0 Å². The fourth-order valence-electron chi connectivity index (χ4n) is 3.94. The lowest BCUT2D eigenvalue weighted by Gasteiger charge is -2.46. The molecule has 8 atom stereocenters. The van der Waals surface area contributed by atoms with Crippen LogP contribution in [0, 0.1) is 0 Å². The van der Waals surface area contributed by atoms with E-state index < -0.39 is 73.2 Å². The minimum Gasteiger partial charge on any atom is -0.460 e. The maximum atomic E-state index is 15.1. The van der Waals surface area contributed by atoms with Gasteiger partial charge < -0.3 is 18.9 Å². The first kappa shape index (κ1) is 28.2. The van der Waals surface area contributed by atoms with E-state index in [0.717, 1.165) is 13.8 Å². The average molecular weight is 514 g/mol. The number of hydrogen-bond donors (Lipinski definition) is 0. The summed E-state index contributed by atoms with van der Waals surface area (Å²) in [6, 6.07) is -3.88. The Morgan fingerprint density at radius 1 is 0.972 bits per heavy atom. The van der Waals surface area contributed by atoms with E-state index >= 15 is 8.78 Å². The average Bonchev–Trinajstić information content (AvgIpc) is 2.79. The molecule has 20 heteroatoms. The monoisotopic (exact) mass is 514 g/mol. The standard InChI is InChI=1S/C16H20F2N12O6/c1-6(31)33-10-4-8(24-28-20)3-9(25-29-21)13(10)36-15-12(26-30-22)14(34-7(2)32)16(17,18)11(35-15)5-23-27-19/h8-15H,3-5H2,1-2H3/t8?,9?,10-,11-,12?,13-,14-,15-/m1/s1. The predicted molar refractivity (Wildman–Crippen MR) is 112 cm³/mol. The Morgan fingerprint density at radius 2 is 1.61 bits per heavy atom. The van der Waals surface area contributed by atoms with Crippen LogP contribution in [0.1, 0.15) is 26.7 Å². The summed E-state index contributed by atoms with van der Waals surface area (Å²) >= 11 is 0. The van der Waals surface area contributed by atoms with Gasteiger partial charge in [0, 0.05) is 39.5 Å². The molecule has 1 aliphatic heterocycles. The molecule has 0 aromatic heterocycles. The molecule has 3 unspecified atom stereocenters. The van der Waals surface area contributed by atoms with Gasteiger partial charge in [-0.05, 0) is 35.0 Å². The van der Waals surface area contributed by atoms with Crippen molar-refractivity contribution in [2.45, 2.75) is 81.4 Å². The molecule has 2 rings (SSSR count). The van der Waals surface area contributed by atoms with E-state index in [2.05, 4.69) is 40.1 Å². The highest BCUT2D eigenvalue weighted by molar-refractivity contribution is 5.66. The van der Waals surface area contributed by atoms with E-state index in [1.54, 1.807) is 0 Å². The zero-order valence-corrected chi connectivity index (χ0v) is 18.8. The summed E-state index contributed by atoms with van der Waals surface area (Å²) in [7, 11) is 0. The van der Waals surface area contributed by atoms with Crippen molar-refractivity contribution in [3.8, 4) is 0 Å². The Hall–Kier alpha value is -4.04. The summed E-state index contributed by atoms with van der Waals surface area (Å²) in [5.41, 5.74) is 35.3. The highest BCUT2D eigenvalue weighted by Crippen LogP contribution is 2.41. The molecule has 2 fully saturated rings. The molecule has 2 aliphatic rings. The molecule has 1 saturated carbocycles. The number of ether oxygens (including phenoxy) is 4. The molecule has 1 heterocycles. The maximum Gasteiger partial charge on any atom is 0.310 e. The van der Waals surface area contributed by atoms with Crippen LogP contribution in [0.25, 0.3) is 41.8 Å². The van der Waals surface area contributed by atoms with Crippen LogP contribution in [-0.2, 0) is 28.5 Å². The van der Waals surface area contributed by atoms with Gasteiger partial charge in [0.05, 0.1) is 12.6 Å². The molecular weight excluding hydrogens is 494 g/mol. The number of carbonyl (C=O) groups excluding carboxylic acids is 2. The number of alkyl halides is 2. The summed E-state index contributed by atoms with van der Waals surface area (Å²) in [6.45, 7) is 1.01. The number of rotatable bonds is 9. The second-order valence-electron chi connectivity index (χ2n) is 7.66. The summed E-state index contributed by atoms with van der Waals surface area (Å²) in [6.07, 6.45) is -9.15. The van der Waals surface area contributed by atoms with Crippen molar-refractivity contribution >= 4 is 11.9 Å². The Labute approximate surface area is 200 Å². The van der Waals surface area contributed by atoms with Crippen LogP contribution in [0.2, 0.25) is 0 Å². The van der Waals surface area contributed by atoms with Crippen molar-refractivity contribution < 1.29 is 37.3 Å². The number of nitrogens with zero attached hydrogens (tertiary/aromatic N) is 12. The molecule has 0 spiro atoms. The van der Waals surface area contributed by atoms with Gasteiger partial charge in [-0.1, -0.05) is 20.5 Å². The fraction of sp³-hybridized carbons (Fsp3) is 0.875. The lowest BCUT2D eigenvalue weighted by Crippen LogP contribution is -2.65. The molecule has 194 valence electrons. The SMILES string of the molecule is CC(=O)O[C@@H]1C(N=[N+]=[N-])[C@@H](O[C@@H]2C(N=[N+]=[N-])CC(N=[N+]=[N-])C[C@H]2OC(C)=O)O[C@H](CN=[N+]=[N-])C1(F)F. The second kappa shape index (κ2) is 12.6. The Balaban J connectivity index is 2.53. The zero-order valence-electron chi connectivity index (χ0n) is 18.8. The number of azide groups is 4. The van der Waals surface area contributed by atoms with Gasteiger partial charge in [-0.25, -0.2) is 0 Å². The molecule has 0 aromatic rings. The van der Waals surface area contributed by atoms with Gasteiger partial charge in [-0.2, -0.15) is 8.78 Å². The molecule has 0 N–H and O–H groups in total. The maximum absolute atomic E-state index is 15.1. The van der Waals surface area contributed by atoms with Gasteiger partial charge >= 0.3 is 17.9 Å². The van der Waals surface area contributed by atoms with Crippen LogP contribution in [0.15, 0.2) is 20.5 Å². The molecule has 18 nitrogen and oxygen atoms in total. The molecule has 1 saturated heterocycles. The lowest BCUT2D eigenvalue weighted by molar-refractivity contribution is -0.324. The van der Waals surface area contributed by atoms with E-state index in [1.165, 1.54) is 0 Å². The van der Waals surface area contributed by atoms with Crippen LogP contribution in [0.5, 0.6) is 0 Å². The largest absolute Gasteiger partial charge is 0.460 e. The van der Waals surface area contributed by atoms with Gasteiger partial charge in [0.25, 0.3) is 0 Å². The van der Waals surface area contributed by atoms with Crippen LogP contribution < -0.4 is 0 Å². The first-order valence-corrected chi connectivity index (χ1v) is 10.3. The molecule has 0 bridgehead atoms. The highest BCUT2D eigenvalue weighted by Gasteiger charge is 2.61. The van der Waals surface area contributed by atoms with Gasteiger partial charge in [0.1, 0.15) is 24.4 Å². The smallest absolute Gasteiger partial charge is 0.310 e. The van der Waals surface area contributed by atoms with E-state index in [-0.39, 0.29) is 12.8 Å². The number of esters is 2. The van der Waals surface area contributed by atoms with Gasteiger partial charge in [-0.3, -0.25) is 9.59 Å². The first-order valence-electron chi connectivity index (χ1n) is 10.3. The predicted octanol–water partition coefficient (Wildman–Crippen LogP) is 3.74. The van der Waals surface area contributed by atoms with E-state index in [9.17, 15) is 9.59 Å². The van der Waals surface area contributed by atoms with Crippen LogP contribution in [0.3, 0.4) is 0 Å². The van der Waals surface area contributed by atoms with Crippen LogP contribution in [-0.4, -0.2) is 73.2 Å². The van der Waals surface area contributed by atoms with Crippen LogP contribution in [0.4, 0.5) is 8.78 Å². The normalized spacial score (nSPS) is 32.8. The first-order chi connectivity index (χ1) is 17.1. The summed E-state index contributed by atoms with van der Waals surface area (Å²) < 4.78 is 51.3. The third-order valence-electron chi connectivity index (χ3n) is 5.27. The topological polar surface area (TPSA) is 266 Å². The molecular formula is C16H20F2N12O6. The lowest BCUT2D eigenvalue weighted by atomic mass is 9.86. The van der Waals surface area contributed by atoms with Crippen LogP contribution >= 0.6 is 0 Å². The molecule has 0 amide bonds. The number of halogens is 2. The van der Waals surface area contributed by atoms with Gasteiger partial charge in [0.15, 0.2) is 12.4 Å². The molecule has 0 aromatic carbocycles. The Kier molecular flexibility index (Phi) is 9.87. The Bertz CT molecular complexity index is 1040. The van der Waals surface area contributed by atoms with E-state index in [0.29, 0.717) is 0 Å². The minimum atomic E-state index is -3.99. The molecule has 1 aliphatic carbocycles. The minimum absolute atomic E-state index is 0.0683. The molecule has 36 heavy (non-hydrogen) atoms. The van der Waals surface area contributed by atoms with Crippen molar-refractivity contribution in [3.05, 3.63) is 41.8 Å². The third-order valence-corrected chi connectivity index (χ3v) is 5.27. The summed E-state index contributed by atoms with van der Waals surface area (Å²) in [5.74, 6) is -5.91. The third kappa shape index (κ3) is 6.76.